The maximum Gasteiger partial charge on any atom is 0.211 e. The fraction of sp³-hybridized carbons (Fsp3) is 0.600. The first kappa shape index (κ1) is 15.5. The Morgan fingerprint density at radius 1 is 1.35 bits per heavy atom. The molecule has 2 atom stereocenters. The summed E-state index contributed by atoms with van der Waals surface area (Å²) in [7, 11) is -1.09. The van der Waals surface area contributed by atoms with Crippen molar-refractivity contribution < 1.29 is 8.42 Å². The molecule has 1 aromatic rings. The number of rotatable bonds is 5. The summed E-state index contributed by atoms with van der Waals surface area (Å²) in [5, 5.41) is 3.35. The van der Waals surface area contributed by atoms with Crippen LogP contribution in [0.3, 0.4) is 0 Å². The Balaban J connectivity index is 2.01. The van der Waals surface area contributed by atoms with Crippen LogP contribution in [-0.4, -0.2) is 39.1 Å². The summed E-state index contributed by atoms with van der Waals surface area (Å²) in [5.41, 5.74) is 1.27. The molecular weight excluding hydrogens is 272 g/mol. The second-order valence-electron chi connectivity index (χ2n) is 5.62. The molecule has 0 bridgehead atoms. The second kappa shape index (κ2) is 6.70. The minimum Gasteiger partial charge on any atom is -0.313 e. The fourth-order valence-electron chi connectivity index (χ4n) is 2.96. The highest BCUT2D eigenvalue weighted by molar-refractivity contribution is 7.88. The Hall–Kier alpha value is -0.910. The van der Waals surface area contributed by atoms with Gasteiger partial charge in [-0.15, -0.1) is 0 Å². The number of nitrogens with zero attached hydrogens (tertiary/aromatic N) is 1. The first-order chi connectivity index (χ1) is 9.50. The van der Waals surface area contributed by atoms with E-state index in [0.29, 0.717) is 25.0 Å². The van der Waals surface area contributed by atoms with Gasteiger partial charge in [-0.25, -0.2) is 12.7 Å². The predicted molar refractivity (Wildman–Crippen MR) is 82.0 cm³/mol. The Morgan fingerprint density at radius 2 is 2.05 bits per heavy atom. The summed E-state index contributed by atoms with van der Waals surface area (Å²) < 4.78 is 25.0. The third-order valence-corrected chi connectivity index (χ3v) is 5.34. The summed E-state index contributed by atoms with van der Waals surface area (Å²) in [6.45, 7) is 1.33. The Labute approximate surface area is 122 Å². The smallest absolute Gasteiger partial charge is 0.211 e. The van der Waals surface area contributed by atoms with Crippen LogP contribution in [0.5, 0.6) is 0 Å². The highest BCUT2D eigenvalue weighted by Gasteiger charge is 2.27. The first-order valence-electron chi connectivity index (χ1n) is 7.18. The molecule has 2 rings (SSSR count). The zero-order valence-corrected chi connectivity index (χ0v) is 13.1. The van der Waals surface area contributed by atoms with Crippen molar-refractivity contribution in [3.8, 4) is 0 Å². The first-order valence-corrected chi connectivity index (χ1v) is 9.03. The standard InChI is InChI=1S/C15H24N2O2S/c1-16-15(14-8-4-3-5-9-14)11-13-7-6-10-17(12-13)20(2,18)19/h3-5,8-9,13,15-16H,6-7,10-12H2,1-2H3. The van der Waals surface area contributed by atoms with Gasteiger partial charge in [0, 0.05) is 19.1 Å². The summed E-state index contributed by atoms with van der Waals surface area (Å²) >= 11 is 0. The molecule has 112 valence electrons. The minimum absolute atomic E-state index is 0.292. The lowest BCUT2D eigenvalue weighted by molar-refractivity contribution is 0.240. The largest absolute Gasteiger partial charge is 0.313 e. The van der Waals surface area contributed by atoms with Crippen LogP contribution < -0.4 is 5.32 Å². The molecule has 1 aliphatic heterocycles. The van der Waals surface area contributed by atoms with Crippen LogP contribution in [0.15, 0.2) is 30.3 Å². The zero-order chi connectivity index (χ0) is 14.6. The number of hydrogen-bond donors (Lipinski definition) is 1. The molecule has 0 spiro atoms. The van der Waals surface area contributed by atoms with Crippen LogP contribution in [0, 0.1) is 5.92 Å². The van der Waals surface area contributed by atoms with Gasteiger partial charge in [-0.05, 0) is 37.8 Å². The molecule has 1 aromatic carbocycles. The van der Waals surface area contributed by atoms with Crippen LogP contribution in [0.4, 0.5) is 0 Å². The fourth-order valence-corrected chi connectivity index (χ4v) is 3.90. The van der Waals surface area contributed by atoms with Crippen LogP contribution in [0.1, 0.15) is 30.9 Å². The van der Waals surface area contributed by atoms with Gasteiger partial charge in [0.2, 0.25) is 10.0 Å². The molecule has 1 saturated heterocycles. The van der Waals surface area contributed by atoms with Gasteiger partial charge in [0.15, 0.2) is 0 Å². The zero-order valence-electron chi connectivity index (χ0n) is 12.2. The molecule has 0 radical (unpaired) electrons. The molecule has 0 aliphatic carbocycles. The maximum absolute atomic E-state index is 11.7. The lowest BCUT2D eigenvalue weighted by Gasteiger charge is -2.33. The quantitative estimate of drug-likeness (QED) is 0.904. The van der Waals surface area contributed by atoms with E-state index in [1.165, 1.54) is 11.8 Å². The van der Waals surface area contributed by atoms with Gasteiger partial charge < -0.3 is 5.32 Å². The Kier molecular flexibility index (Phi) is 5.18. The van der Waals surface area contributed by atoms with Gasteiger partial charge >= 0.3 is 0 Å². The van der Waals surface area contributed by atoms with Crippen molar-refractivity contribution in [2.75, 3.05) is 26.4 Å². The number of benzene rings is 1. The predicted octanol–water partition coefficient (Wildman–Crippen LogP) is 2.01. The minimum atomic E-state index is -3.05. The number of piperidine rings is 1. The highest BCUT2D eigenvalue weighted by atomic mass is 32.2. The lowest BCUT2D eigenvalue weighted by atomic mass is 9.89. The van der Waals surface area contributed by atoms with Crippen LogP contribution in [-0.2, 0) is 10.0 Å². The van der Waals surface area contributed by atoms with Crippen molar-refractivity contribution >= 4 is 10.0 Å². The van der Waals surface area contributed by atoms with Crippen LogP contribution in [0.25, 0.3) is 0 Å². The van der Waals surface area contributed by atoms with Crippen LogP contribution >= 0.6 is 0 Å². The van der Waals surface area contributed by atoms with Crippen molar-refractivity contribution in [2.24, 2.45) is 5.92 Å². The lowest BCUT2D eigenvalue weighted by Crippen LogP contribution is -2.40. The van der Waals surface area contributed by atoms with Crippen molar-refractivity contribution in [2.45, 2.75) is 25.3 Å². The molecule has 2 unspecified atom stereocenters. The molecule has 1 N–H and O–H groups in total. The van der Waals surface area contributed by atoms with Gasteiger partial charge in [-0.3, -0.25) is 0 Å². The summed E-state index contributed by atoms with van der Waals surface area (Å²) in [6.07, 6.45) is 4.36. The molecule has 4 nitrogen and oxygen atoms in total. The SMILES string of the molecule is CNC(CC1CCCN(S(C)(=O)=O)C1)c1ccccc1. The number of hydrogen-bond acceptors (Lipinski definition) is 3. The van der Waals surface area contributed by atoms with E-state index < -0.39 is 10.0 Å². The van der Waals surface area contributed by atoms with Gasteiger partial charge in [-0.2, -0.15) is 0 Å². The van der Waals surface area contributed by atoms with Gasteiger partial charge in [0.05, 0.1) is 6.26 Å². The van der Waals surface area contributed by atoms with E-state index in [-0.39, 0.29) is 0 Å². The van der Waals surface area contributed by atoms with Crippen molar-refractivity contribution in [1.82, 2.24) is 9.62 Å². The van der Waals surface area contributed by atoms with Gasteiger partial charge in [-0.1, -0.05) is 30.3 Å². The van der Waals surface area contributed by atoms with Gasteiger partial charge in [0.25, 0.3) is 0 Å². The average Bonchev–Trinajstić information content (AvgIpc) is 2.45. The van der Waals surface area contributed by atoms with Gasteiger partial charge in [0.1, 0.15) is 0 Å². The molecular formula is C15H24N2O2S. The van der Waals surface area contributed by atoms with Crippen molar-refractivity contribution in [3.05, 3.63) is 35.9 Å². The van der Waals surface area contributed by atoms with Crippen molar-refractivity contribution in [3.63, 3.8) is 0 Å². The molecule has 0 saturated carbocycles. The second-order valence-corrected chi connectivity index (χ2v) is 7.60. The van der Waals surface area contributed by atoms with E-state index in [4.69, 9.17) is 0 Å². The maximum atomic E-state index is 11.7. The highest BCUT2D eigenvalue weighted by Crippen LogP contribution is 2.28. The van der Waals surface area contributed by atoms with E-state index in [2.05, 4.69) is 17.4 Å². The van der Waals surface area contributed by atoms with Crippen molar-refractivity contribution in [1.29, 1.82) is 0 Å². The van der Waals surface area contributed by atoms with E-state index in [0.717, 1.165) is 19.3 Å². The van der Waals surface area contributed by atoms with E-state index in [1.807, 2.05) is 25.2 Å². The summed E-state index contributed by atoms with van der Waals surface area (Å²) in [5.74, 6) is 0.427. The molecule has 5 heteroatoms. The average molecular weight is 296 g/mol. The summed E-state index contributed by atoms with van der Waals surface area (Å²) in [4.78, 5) is 0. The molecule has 20 heavy (non-hydrogen) atoms. The summed E-state index contributed by atoms with van der Waals surface area (Å²) in [6, 6.07) is 10.6. The third kappa shape index (κ3) is 4.04. The topological polar surface area (TPSA) is 49.4 Å². The molecule has 1 aliphatic rings. The van der Waals surface area contributed by atoms with Crippen LogP contribution in [0.2, 0.25) is 0 Å². The Bertz CT molecular complexity index is 516. The van der Waals surface area contributed by atoms with E-state index in [9.17, 15) is 8.42 Å². The third-order valence-electron chi connectivity index (χ3n) is 4.07. The van der Waals surface area contributed by atoms with E-state index in [1.54, 1.807) is 4.31 Å². The molecule has 0 amide bonds. The normalized spacial score (nSPS) is 22.6. The molecule has 0 aromatic heterocycles. The number of nitrogens with one attached hydrogen (secondary N) is 1. The van der Waals surface area contributed by atoms with E-state index >= 15 is 0 Å². The Morgan fingerprint density at radius 3 is 2.65 bits per heavy atom. The molecule has 1 fully saturated rings. The number of sulfonamides is 1. The monoisotopic (exact) mass is 296 g/mol. The molecule has 1 heterocycles.